The summed E-state index contributed by atoms with van der Waals surface area (Å²) in [5.41, 5.74) is 7.94. The molecule has 1 aliphatic heterocycles. The molecule has 0 atom stereocenters. The number of halogens is 1. The molecule has 4 rings (SSSR count). The molecular formula is C20H22FN5O. The lowest BCUT2D eigenvalue weighted by atomic mass is 10.1. The Balaban J connectivity index is 1.57. The number of hydrogen-bond donors (Lipinski definition) is 1. The molecular weight excluding hydrogens is 345 g/mol. The molecule has 1 amide bonds. The molecule has 0 unspecified atom stereocenters. The number of fused-ring (bicyclic) bond motifs is 1. The van der Waals surface area contributed by atoms with Crippen LogP contribution in [0.15, 0.2) is 42.6 Å². The third-order valence-corrected chi connectivity index (χ3v) is 5.04. The number of likely N-dealkylation sites (N-methyl/N-ethyl adjacent to an activating group) is 1. The van der Waals surface area contributed by atoms with E-state index in [1.54, 1.807) is 10.9 Å². The Kier molecular flexibility index (Phi) is 4.63. The largest absolute Gasteiger partial charge is 0.366 e. The molecule has 27 heavy (non-hydrogen) atoms. The zero-order chi connectivity index (χ0) is 19.0. The summed E-state index contributed by atoms with van der Waals surface area (Å²) >= 11 is 0. The maximum absolute atomic E-state index is 13.7. The van der Waals surface area contributed by atoms with E-state index in [-0.39, 0.29) is 5.56 Å². The Morgan fingerprint density at radius 3 is 2.52 bits per heavy atom. The van der Waals surface area contributed by atoms with Gasteiger partial charge >= 0.3 is 0 Å². The number of amides is 1. The van der Waals surface area contributed by atoms with Gasteiger partial charge < -0.3 is 10.6 Å². The van der Waals surface area contributed by atoms with Crippen LogP contribution in [0.5, 0.6) is 0 Å². The van der Waals surface area contributed by atoms with Crippen molar-refractivity contribution in [1.29, 1.82) is 0 Å². The topological polar surface area (TPSA) is 67.4 Å². The molecule has 0 saturated carbocycles. The van der Waals surface area contributed by atoms with E-state index in [0.29, 0.717) is 10.9 Å². The van der Waals surface area contributed by atoms with Crippen LogP contribution < -0.4 is 5.73 Å². The van der Waals surface area contributed by atoms with Crippen LogP contribution in [0.1, 0.15) is 15.9 Å². The fourth-order valence-electron chi connectivity index (χ4n) is 3.44. The zero-order valence-corrected chi connectivity index (χ0v) is 15.2. The second kappa shape index (κ2) is 7.09. The summed E-state index contributed by atoms with van der Waals surface area (Å²) < 4.78 is 15.4. The maximum Gasteiger partial charge on any atom is 0.251 e. The fraction of sp³-hybridized carbons (Fsp3) is 0.300. The number of primary amides is 1. The van der Waals surface area contributed by atoms with Gasteiger partial charge in [-0.05, 0) is 36.9 Å². The predicted octanol–water partition coefficient (Wildman–Crippen LogP) is 2.01. The Morgan fingerprint density at radius 1 is 1.15 bits per heavy atom. The molecule has 0 radical (unpaired) electrons. The van der Waals surface area contributed by atoms with E-state index in [2.05, 4.69) is 34.1 Å². The molecule has 0 aliphatic carbocycles. The van der Waals surface area contributed by atoms with Crippen molar-refractivity contribution in [2.45, 2.75) is 6.54 Å². The third-order valence-electron chi connectivity index (χ3n) is 5.04. The van der Waals surface area contributed by atoms with Crippen molar-refractivity contribution in [3.8, 4) is 5.69 Å². The van der Waals surface area contributed by atoms with E-state index >= 15 is 0 Å². The van der Waals surface area contributed by atoms with Gasteiger partial charge in [0.25, 0.3) is 5.91 Å². The van der Waals surface area contributed by atoms with Crippen LogP contribution in [-0.2, 0) is 6.54 Å². The van der Waals surface area contributed by atoms with Gasteiger partial charge in [0.1, 0.15) is 11.3 Å². The summed E-state index contributed by atoms with van der Waals surface area (Å²) in [6.45, 7) is 5.26. The number of nitrogens with two attached hydrogens (primary N) is 1. The molecule has 0 spiro atoms. The standard InChI is InChI=1S/C20H22FN5O/c1-24-6-8-25(9-7-24)12-14-2-4-17(5-3-14)26-13-15-10-16(21)11-18(20(22)27)19(15)23-26/h2-5,10-11,13H,6-9,12H2,1H3,(H2,22,27). The van der Waals surface area contributed by atoms with Crippen molar-refractivity contribution in [3.63, 3.8) is 0 Å². The number of nitrogens with zero attached hydrogens (tertiary/aromatic N) is 4. The molecule has 2 heterocycles. The van der Waals surface area contributed by atoms with Crippen LogP contribution in [0.2, 0.25) is 0 Å². The summed E-state index contributed by atoms with van der Waals surface area (Å²) in [6.07, 6.45) is 1.71. The second-order valence-electron chi connectivity index (χ2n) is 7.07. The van der Waals surface area contributed by atoms with Gasteiger partial charge in [0.2, 0.25) is 0 Å². The SMILES string of the molecule is CN1CCN(Cc2ccc(-n3cc4cc(F)cc(C(N)=O)c4n3)cc2)CC1. The Bertz CT molecular complexity index is 974. The molecule has 0 bridgehead atoms. The van der Waals surface area contributed by atoms with E-state index in [9.17, 15) is 9.18 Å². The summed E-state index contributed by atoms with van der Waals surface area (Å²) in [7, 11) is 2.15. The lowest BCUT2D eigenvalue weighted by Gasteiger charge is -2.32. The molecule has 140 valence electrons. The molecule has 3 aromatic rings. The van der Waals surface area contributed by atoms with E-state index in [0.717, 1.165) is 44.5 Å². The first-order valence-corrected chi connectivity index (χ1v) is 8.98. The molecule has 1 fully saturated rings. The lowest BCUT2D eigenvalue weighted by Crippen LogP contribution is -2.43. The van der Waals surface area contributed by atoms with Crippen LogP contribution in [0.25, 0.3) is 16.6 Å². The molecule has 2 aromatic carbocycles. The first-order chi connectivity index (χ1) is 13.0. The summed E-state index contributed by atoms with van der Waals surface area (Å²) in [6, 6.07) is 10.6. The van der Waals surface area contributed by atoms with Crippen molar-refractivity contribution in [1.82, 2.24) is 19.6 Å². The highest BCUT2D eigenvalue weighted by molar-refractivity contribution is 6.04. The van der Waals surface area contributed by atoms with E-state index in [1.807, 2.05) is 12.1 Å². The van der Waals surface area contributed by atoms with E-state index < -0.39 is 11.7 Å². The van der Waals surface area contributed by atoms with Gasteiger partial charge in [0.05, 0.1) is 11.3 Å². The average Bonchev–Trinajstić information content (AvgIpc) is 3.07. The number of rotatable bonds is 4. The predicted molar refractivity (Wildman–Crippen MR) is 102 cm³/mol. The van der Waals surface area contributed by atoms with Crippen molar-refractivity contribution >= 4 is 16.8 Å². The monoisotopic (exact) mass is 367 g/mol. The highest BCUT2D eigenvalue weighted by Crippen LogP contribution is 2.21. The van der Waals surface area contributed by atoms with Crippen LogP contribution in [-0.4, -0.2) is 58.7 Å². The van der Waals surface area contributed by atoms with Crippen molar-refractivity contribution in [2.24, 2.45) is 5.73 Å². The van der Waals surface area contributed by atoms with Gasteiger partial charge in [-0.2, -0.15) is 5.10 Å². The van der Waals surface area contributed by atoms with Crippen LogP contribution >= 0.6 is 0 Å². The van der Waals surface area contributed by atoms with E-state index in [1.165, 1.54) is 11.6 Å². The normalized spacial score (nSPS) is 16.1. The zero-order valence-electron chi connectivity index (χ0n) is 15.2. The first kappa shape index (κ1) is 17.6. The van der Waals surface area contributed by atoms with Gasteiger partial charge in [-0.25, -0.2) is 9.07 Å². The smallest absolute Gasteiger partial charge is 0.251 e. The van der Waals surface area contributed by atoms with Crippen LogP contribution in [0.3, 0.4) is 0 Å². The highest BCUT2D eigenvalue weighted by atomic mass is 19.1. The molecule has 1 aromatic heterocycles. The van der Waals surface area contributed by atoms with Gasteiger partial charge in [-0.15, -0.1) is 0 Å². The lowest BCUT2D eigenvalue weighted by molar-refractivity contribution is 0.100. The molecule has 1 aliphatic rings. The average molecular weight is 367 g/mol. The van der Waals surface area contributed by atoms with Crippen LogP contribution in [0.4, 0.5) is 4.39 Å². The summed E-state index contributed by atoms with van der Waals surface area (Å²) in [4.78, 5) is 16.3. The fourth-order valence-corrected chi connectivity index (χ4v) is 3.44. The minimum Gasteiger partial charge on any atom is -0.366 e. The van der Waals surface area contributed by atoms with Gasteiger partial charge in [0.15, 0.2) is 0 Å². The van der Waals surface area contributed by atoms with Crippen molar-refractivity contribution in [2.75, 3.05) is 33.2 Å². The van der Waals surface area contributed by atoms with Gasteiger partial charge in [-0.1, -0.05) is 12.1 Å². The number of aromatic nitrogens is 2. The first-order valence-electron chi connectivity index (χ1n) is 8.98. The van der Waals surface area contributed by atoms with Crippen molar-refractivity contribution in [3.05, 3.63) is 59.5 Å². The Labute approximate surface area is 157 Å². The summed E-state index contributed by atoms with van der Waals surface area (Å²) in [5.74, 6) is -1.19. The van der Waals surface area contributed by atoms with Gasteiger partial charge in [-0.3, -0.25) is 9.69 Å². The summed E-state index contributed by atoms with van der Waals surface area (Å²) in [5, 5.41) is 4.98. The van der Waals surface area contributed by atoms with E-state index in [4.69, 9.17) is 5.73 Å². The second-order valence-corrected chi connectivity index (χ2v) is 7.07. The third kappa shape index (κ3) is 3.70. The number of carbonyl (C=O) groups is 1. The molecule has 7 heteroatoms. The van der Waals surface area contributed by atoms with Crippen molar-refractivity contribution < 1.29 is 9.18 Å². The quantitative estimate of drug-likeness (QED) is 0.766. The number of carbonyl (C=O) groups excluding carboxylic acids is 1. The van der Waals surface area contributed by atoms with Gasteiger partial charge in [0, 0.05) is 44.3 Å². The minimum atomic E-state index is -0.688. The Hall–Kier alpha value is -2.77. The minimum absolute atomic E-state index is 0.0930. The molecule has 6 nitrogen and oxygen atoms in total. The highest BCUT2D eigenvalue weighted by Gasteiger charge is 2.15. The number of hydrogen-bond acceptors (Lipinski definition) is 4. The molecule has 2 N–H and O–H groups in total. The Morgan fingerprint density at radius 2 is 1.85 bits per heavy atom. The van der Waals surface area contributed by atoms with Crippen LogP contribution in [0, 0.1) is 5.82 Å². The number of benzene rings is 2. The molecule has 1 saturated heterocycles. The number of piperazine rings is 1. The maximum atomic E-state index is 13.7.